The molecule has 0 heterocycles. The summed E-state index contributed by atoms with van der Waals surface area (Å²) < 4.78 is 0. The number of hydrogen-bond acceptors (Lipinski definition) is 1. The van der Waals surface area contributed by atoms with E-state index in [1.807, 2.05) is 6.92 Å². The number of hydrogen-bond donors (Lipinski definition) is 1. The van der Waals surface area contributed by atoms with E-state index in [1.165, 1.54) is 19.3 Å². The summed E-state index contributed by atoms with van der Waals surface area (Å²) in [7, 11) is 0. The van der Waals surface area contributed by atoms with Gasteiger partial charge in [0.25, 0.3) is 0 Å². The number of rotatable bonds is 6. The first-order chi connectivity index (χ1) is 5.52. The van der Waals surface area contributed by atoms with E-state index in [2.05, 4.69) is 20.8 Å². The van der Waals surface area contributed by atoms with Crippen LogP contribution in [-0.4, -0.2) is 5.71 Å². The van der Waals surface area contributed by atoms with Gasteiger partial charge in [0.2, 0.25) is 0 Å². The van der Waals surface area contributed by atoms with Gasteiger partial charge in [0.1, 0.15) is 0 Å². The van der Waals surface area contributed by atoms with Crippen LogP contribution in [0.3, 0.4) is 0 Å². The third-order valence-corrected chi connectivity index (χ3v) is 2.12. The lowest BCUT2D eigenvalue weighted by atomic mass is 9.94. The van der Waals surface area contributed by atoms with E-state index in [-0.39, 0.29) is 0 Å². The van der Waals surface area contributed by atoms with Gasteiger partial charge >= 0.3 is 0 Å². The maximum atomic E-state index is 7.28. The van der Waals surface area contributed by atoms with E-state index in [1.54, 1.807) is 0 Å². The van der Waals surface area contributed by atoms with Crippen molar-refractivity contribution >= 4 is 5.71 Å². The van der Waals surface area contributed by atoms with Crippen LogP contribution in [0.25, 0.3) is 0 Å². The summed E-state index contributed by atoms with van der Waals surface area (Å²) in [6, 6.07) is 0. The van der Waals surface area contributed by atoms with E-state index >= 15 is 0 Å². The van der Waals surface area contributed by atoms with Crippen molar-refractivity contribution in [3.05, 3.63) is 0 Å². The van der Waals surface area contributed by atoms with Crippen LogP contribution in [-0.2, 0) is 0 Å². The van der Waals surface area contributed by atoms with E-state index in [4.69, 9.17) is 5.41 Å². The zero-order valence-electron chi connectivity index (χ0n) is 8.98. The second kappa shape index (κ2) is 6.22. The van der Waals surface area contributed by atoms with Crippen LogP contribution in [0.5, 0.6) is 0 Å². The zero-order valence-corrected chi connectivity index (χ0v) is 8.98. The minimum absolute atomic E-state index is 0.820. The predicted molar refractivity (Wildman–Crippen MR) is 55.9 cm³/mol. The molecule has 0 bridgehead atoms. The highest BCUT2D eigenvalue weighted by molar-refractivity contribution is 5.78. The Balaban J connectivity index is 3.31. The Hall–Kier alpha value is -0.330. The molecule has 0 radical (unpaired) electrons. The third kappa shape index (κ3) is 7.77. The van der Waals surface area contributed by atoms with Crippen LogP contribution in [0.4, 0.5) is 0 Å². The molecule has 1 heteroatoms. The molecule has 0 fully saturated rings. The van der Waals surface area contributed by atoms with Gasteiger partial charge in [0.05, 0.1) is 0 Å². The normalized spacial score (nSPS) is 13.4. The predicted octanol–water partition coefficient (Wildman–Crippen LogP) is 3.88. The molecule has 1 atom stereocenters. The molecule has 0 aromatic heterocycles. The molecule has 72 valence electrons. The van der Waals surface area contributed by atoms with Crippen molar-refractivity contribution in [3.8, 4) is 0 Å². The summed E-state index contributed by atoms with van der Waals surface area (Å²) in [6.07, 6.45) is 4.80. The van der Waals surface area contributed by atoms with Gasteiger partial charge in [-0.05, 0) is 38.0 Å². The Labute approximate surface area is 77.1 Å². The molecule has 0 aliphatic rings. The average molecular weight is 169 g/mol. The summed E-state index contributed by atoms with van der Waals surface area (Å²) >= 11 is 0. The van der Waals surface area contributed by atoms with E-state index in [0.717, 1.165) is 24.0 Å². The largest absolute Gasteiger partial charge is 0.310 e. The quantitative estimate of drug-likeness (QED) is 0.583. The highest BCUT2D eigenvalue weighted by Crippen LogP contribution is 2.16. The van der Waals surface area contributed by atoms with E-state index in [9.17, 15) is 0 Å². The van der Waals surface area contributed by atoms with Crippen molar-refractivity contribution in [1.29, 1.82) is 5.41 Å². The van der Waals surface area contributed by atoms with Crippen LogP contribution in [0.15, 0.2) is 0 Å². The summed E-state index contributed by atoms with van der Waals surface area (Å²) in [5.41, 5.74) is 0.826. The molecule has 0 aliphatic carbocycles. The molecular formula is C11H23N. The van der Waals surface area contributed by atoms with Crippen molar-refractivity contribution in [2.24, 2.45) is 11.8 Å². The van der Waals surface area contributed by atoms with Crippen molar-refractivity contribution < 1.29 is 0 Å². The van der Waals surface area contributed by atoms with Gasteiger partial charge in [-0.25, -0.2) is 0 Å². The standard InChI is InChI=1S/C11H23N/c1-9(2)8-10(3)6-5-7-11(4)12/h9-10,12H,5-8H2,1-4H3. The van der Waals surface area contributed by atoms with Crippen LogP contribution in [0, 0.1) is 17.2 Å². The molecule has 0 aromatic carbocycles. The summed E-state index contributed by atoms with van der Waals surface area (Å²) in [5, 5.41) is 7.28. The highest BCUT2D eigenvalue weighted by Gasteiger charge is 2.04. The lowest BCUT2D eigenvalue weighted by Crippen LogP contribution is -2.01. The molecule has 12 heavy (non-hydrogen) atoms. The van der Waals surface area contributed by atoms with Crippen molar-refractivity contribution in [3.63, 3.8) is 0 Å². The molecule has 0 aromatic rings. The van der Waals surface area contributed by atoms with Crippen molar-refractivity contribution in [1.82, 2.24) is 0 Å². The van der Waals surface area contributed by atoms with Crippen LogP contribution < -0.4 is 0 Å². The Kier molecular flexibility index (Phi) is 6.04. The third-order valence-electron chi connectivity index (χ3n) is 2.12. The molecule has 0 rings (SSSR count). The smallest absolute Gasteiger partial charge is 0.00582 e. The molecule has 1 nitrogen and oxygen atoms in total. The minimum Gasteiger partial charge on any atom is -0.310 e. The minimum atomic E-state index is 0.820. The van der Waals surface area contributed by atoms with Gasteiger partial charge in [-0.3, -0.25) is 0 Å². The Morgan fingerprint density at radius 1 is 1.25 bits per heavy atom. The average Bonchev–Trinajstić information content (AvgIpc) is 1.84. The van der Waals surface area contributed by atoms with E-state index in [0.29, 0.717) is 0 Å². The monoisotopic (exact) mass is 169 g/mol. The first-order valence-corrected chi connectivity index (χ1v) is 5.06. The first-order valence-electron chi connectivity index (χ1n) is 5.06. The molecule has 0 amide bonds. The molecule has 1 unspecified atom stereocenters. The fourth-order valence-electron chi connectivity index (χ4n) is 1.64. The highest BCUT2D eigenvalue weighted by atomic mass is 14.4. The van der Waals surface area contributed by atoms with Crippen LogP contribution >= 0.6 is 0 Å². The van der Waals surface area contributed by atoms with Crippen molar-refractivity contribution in [2.75, 3.05) is 0 Å². The second-order valence-corrected chi connectivity index (χ2v) is 4.41. The summed E-state index contributed by atoms with van der Waals surface area (Å²) in [6.45, 7) is 8.77. The van der Waals surface area contributed by atoms with Crippen LogP contribution in [0.2, 0.25) is 0 Å². The van der Waals surface area contributed by atoms with Gasteiger partial charge in [0.15, 0.2) is 0 Å². The van der Waals surface area contributed by atoms with Crippen LogP contribution in [0.1, 0.15) is 53.4 Å². The molecule has 0 saturated heterocycles. The Bertz CT molecular complexity index is 127. The zero-order chi connectivity index (χ0) is 9.56. The molecular weight excluding hydrogens is 146 g/mol. The second-order valence-electron chi connectivity index (χ2n) is 4.41. The van der Waals surface area contributed by atoms with Gasteiger partial charge in [0, 0.05) is 5.71 Å². The van der Waals surface area contributed by atoms with Gasteiger partial charge in [-0.2, -0.15) is 0 Å². The molecule has 0 spiro atoms. The first kappa shape index (κ1) is 11.7. The fourth-order valence-corrected chi connectivity index (χ4v) is 1.64. The Morgan fingerprint density at radius 3 is 2.25 bits per heavy atom. The lowest BCUT2D eigenvalue weighted by molar-refractivity contribution is 0.408. The molecule has 0 saturated carbocycles. The lowest BCUT2D eigenvalue weighted by Gasteiger charge is -2.12. The maximum Gasteiger partial charge on any atom is 0.00582 e. The maximum absolute atomic E-state index is 7.28. The Morgan fingerprint density at radius 2 is 1.83 bits per heavy atom. The van der Waals surface area contributed by atoms with Gasteiger partial charge in [-0.1, -0.05) is 27.2 Å². The van der Waals surface area contributed by atoms with Gasteiger partial charge in [-0.15, -0.1) is 0 Å². The summed E-state index contributed by atoms with van der Waals surface area (Å²) in [5.74, 6) is 1.66. The topological polar surface area (TPSA) is 23.9 Å². The SMILES string of the molecule is CC(=N)CCCC(C)CC(C)C. The van der Waals surface area contributed by atoms with Gasteiger partial charge < -0.3 is 5.41 Å². The number of nitrogens with one attached hydrogen (secondary N) is 1. The fraction of sp³-hybridized carbons (Fsp3) is 0.909. The van der Waals surface area contributed by atoms with E-state index < -0.39 is 0 Å². The molecule has 0 aliphatic heterocycles. The van der Waals surface area contributed by atoms with Crippen molar-refractivity contribution in [2.45, 2.75) is 53.4 Å². The summed E-state index contributed by atoms with van der Waals surface area (Å²) in [4.78, 5) is 0. The molecule has 1 N–H and O–H groups in total.